The highest BCUT2D eigenvalue weighted by atomic mass is 19.4. The number of benzene rings is 4. The van der Waals surface area contributed by atoms with Crippen molar-refractivity contribution in [1.82, 2.24) is 4.98 Å². The number of anilines is 2. The average molecular weight is 566 g/mol. The number of hydrogen-bond acceptors (Lipinski definition) is 3. The molecule has 0 aliphatic carbocycles. The summed E-state index contributed by atoms with van der Waals surface area (Å²) in [5.74, 6) is -0.802. The van der Waals surface area contributed by atoms with Gasteiger partial charge in [0, 0.05) is 24.5 Å². The molecule has 0 radical (unpaired) electrons. The van der Waals surface area contributed by atoms with Crippen molar-refractivity contribution >= 4 is 23.2 Å². The van der Waals surface area contributed by atoms with Crippen LogP contribution in [-0.4, -0.2) is 23.8 Å². The molecule has 5 nitrogen and oxygen atoms in total. The van der Waals surface area contributed by atoms with Crippen LogP contribution in [0.3, 0.4) is 0 Å². The first-order chi connectivity index (χ1) is 20.1. The Balaban J connectivity index is 1.32. The minimum absolute atomic E-state index is 0.264. The van der Waals surface area contributed by atoms with Crippen LogP contribution in [0, 0.1) is 6.92 Å². The first kappa shape index (κ1) is 28.3. The molecule has 210 valence electrons. The number of nitrogens with one attached hydrogen (secondary N) is 1. The van der Waals surface area contributed by atoms with Gasteiger partial charge in [-0.1, -0.05) is 72.3 Å². The molecule has 5 aromatic rings. The van der Waals surface area contributed by atoms with E-state index in [9.17, 15) is 22.8 Å². The fourth-order valence-electron chi connectivity index (χ4n) is 4.53. The average Bonchev–Trinajstić information content (AvgIpc) is 3.00. The van der Waals surface area contributed by atoms with Gasteiger partial charge in [0.05, 0.1) is 23.0 Å². The van der Waals surface area contributed by atoms with E-state index < -0.39 is 17.6 Å². The summed E-state index contributed by atoms with van der Waals surface area (Å²) in [6.45, 7) is 2.03. The van der Waals surface area contributed by atoms with Gasteiger partial charge in [-0.3, -0.25) is 14.6 Å². The summed E-state index contributed by atoms with van der Waals surface area (Å²) in [7, 11) is 1.66. The first-order valence-corrected chi connectivity index (χ1v) is 13.1. The molecule has 42 heavy (non-hydrogen) atoms. The molecular formula is C34H26F3N3O2. The fourth-order valence-corrected chi connectivity index (χ4v) is 4.53. The summed E-state index contributed by atoms with van der Waals surface area (Å²) in [4.78, 5) is 32.1. The number of halogens is 3. The van der Waals surface area contributed by atoms with Crippen molar-refractivity contribution < 1.29 is 22.8 Å². The van der Waals surface area contributed by atoms with Crippen molar-refractivity contribution in [2.75, 3.05) is 17.3 Å². The van der Waals surface area contributed by atoms with Crippen LogP contribution < -0.4 is 10.2 Å². The van der Waals surface area contributed by atoms with Crippen LogP contribution in [0.15, 0.2) is 116 Å². The van der Waals surface area contributed by atoms with Gasteiger partial charge in [-0.15, -0.1) is 0 Å². The Kier molecular flexibility index (Phi) is 7.88. The molecule has 1 aromatic heterocycles. The predicted octanol–water partition coefficient (Wildman–Crippen LogP) is 8.27. The lowest BCUT2D eigenvalue weighted by Gasteiger charge is -2.18. The molecule has 4 aromatic carbocycles. The minimum Gasteiger partial charge on any atom is -0.321 e. The first-order valence-electron chi connectivity index (χ1n) is 13.1. The number of amides is 2. The van der Waals surface area contributed by atoms with E-state index >= 15 is 0 Å². The molecule has 0 aliphatic heterocycles. The topological polar surface area (TPSA) is 62.3 Å². The molecule has 2 amide bonds. The lowest BCUT2D eigenvalue weighted by Crippen LogP contribution is -2.26. The number of aromatic nitrogens is 1. The van der Waals surface area contributed by atoms with E-state index in [1.165, 1.54) is 41.1 Å². The molecule has 0 saturated heterocycles. The van der Waals surface area contributed by atoms with Gasteiger partial charge in [-0.2, -0.15) is 13.2 Å². The number of carbonyl (C=O) groups excluding carboxylic acids is 2. The van der Waals surface area contributed by atoms with E-state index in [1.54, 1.807) is 31.3 Å². The zero-order valence-electron chi connectivity index (χ0n) is 22.8. The minimum atomic E-state index is -4.45. The number of pyridine rings is 1. The van der Waals surface area contributed by atoms with Gasteiger partial charge in [0.1, 0.15) is 0 Å². The Labute approximate surface area is 241 Å². The van der Waals surface area contributed by atoms with Crippen molar-refractivity contribution in [3.05, 3.63) is 138 Å². The maximum absolute atomic E-state index is 13.3. The molecule has 0 bridgehead atoms. The number of rotatable bonds is 6. The van der Waals surface area contributed by atoms with Gasteiger partial charge in [0.15, 0.2) is 0 Å². The van der Waals surface area contributed by atoms with Crippen LogP contribution in [0.5, 0.6) is 0 Å². The Morgan fingerprint density at radius 2 is 1.36 bits per heavy atom. The molecule has 8 heteroatoms. The quantitative estimate of drug-likeness (QED) is 0.225. The number of hydrogen-bond donors (Lipinski definition) is 1. The van der Waals surface area contributed by atoms with Gasteiger partial charge in [-0.25, -0.2) is 0 Å². The van der Waals surface area contributed by atoms with Crippen LogP contribution in [0.4, 0.5) is 24.5 Å². The van der Waals surface area contributed by atoms with E-state index in [0.717, 1.165) is 23.3 Å². The van der Waals surface area contributed by atoms with E-state index in [0.29, 0.717) is 22.5 Å². The van der Waals surface area contributed by atoms with E-state index in [2.05, 4.69) is 10.3 Å². The van der Waals surface area contributed by atoms with Gasteiger partial charge in [-0.05, 0) is 65.6 Å². The van der Waals surface area contributed by atoms with Crippen LogP contribution in [0.1, 0.15) is 31.8 Å². The highest BCUT2D eigenvalue weighted by Crippen LogP contribution is 2.32. The van der Waals surface area contributed by atoms with Crippen LogP contribution in [0.25, 0.3) is 22.3 Å². The Morgan fingerprint density at radius 1 is 0.762 bits per heavy atom. The SMILES string of the molecule is Cc1ccc(-c2ccc(N(C)C(=O)c3cncc(NC(=O)c4ccccc4-c4ccc(C(F)(F)F)cc4)c3)cc2)cc1. The Hall–Kier alpha value is -5.24. The molecule has 0 unspecified atom stereocenters. The van der Waals surface area contributed by atoms with Gasteiger partial charge < -0.3 is 10.2 Å². The summed E-state index contributed by atoms with van der Waals surface area (Å²) in [6.07, 6.45) is -1.61. The second kappa shape index (κ2) is 11.7. The molecule has 0 aliphatic rings. The number of carbonyl (C=O) groups is 2. The summed E-state index contributed by atoms with van der Waals surface area (Å²) in [5.41, 5.74) is 4.98. The highest BCUT2D eigenvalue weighted by Gasteiger charge is 2.30. The maximum atomic E-state index is 13.3. The van der Waals surface area contributed by atoms with E-state index in [4.69, 9.17) is 0 Å². The van der Waals surface area contributed by atoms with Crippen molar-refractivity contribution in [3.63, 3.8) is 0 Å². The van der Waals surface area contributed by atoms with Gasteiger partial charge in [0.2, 0.25) is 0 Å². The zero-order chi connectivity index (χ0) is 29.9. The third kappa shape index (κ3) is 6.23. The molecule has 0 saturated carbocycles. The molecular weight excluding hydrogens is 539 g/mol. The molecule has 0 fully saturated rings. The van der Waals surface area contributed by atoms with Gasteiger partial charge in [0.25, 0.3) is 11.8 Å². The van der Waals surface area contributed by atoms with Crippen molar-refractivity contribution in [2.45, 2.75) is 13.1 Å². The number of alkyl halides is 3. The number of nitrogens with zero attached hydrogens (tertiary/aromatic N) is 2. The molecule has 5 rings (SSSR count). The van der Waals surface area contributed by atoms with Crippen LogP contribution in [0.2, 0.25) is 0 Å². The predicted molar refractivity (Wildman–Crippen MR) is 158 cm³/mol. The smallest absolute Gasteiger partial charge is 0.321 e. The summed E-state index contributed by atoms with van der Waals surface area (Å²) >= 11 is 0. The molecule has 1 heterocycles. The maximum Gasteiger partial charge on any atom is 0.416 e. The second-order valence-electron chi connectivity index (χ2n) is 9.81. The van der Waals surface area contributed by atoms with E-state index in [1.807, 2.05) is 55.5 Å². The largest absolute Gasteiger partial charge is 0.416 e. The Morgan fingerprint density at radius 3 is 2.00 bits per heavy atom. The van der Waals surface area contributed by atoms with Crippen molar-refractivity contribution in [2.24, 2.45) is 0 Å². The fraction of sp³-hybridized carbons (Fsp3) is 0.0882. The van der Waals surface area contributed by atoms with Crippen LogP contribution in [-0.2, 0) is 6.18 Å². The van der Waals surface area contributed by atoms with Crippen molar-refractivity contribution in [3.8, 4) is 22.3 Å². The summed E-state index contributed by atoms with van der Waals surface area (Å²) < 4.78 is 39.0. The highest BCUT2D eigenvalue weighted by molar-refractivity contribution is 6.10. The third-order valence-corrected chi connectivity index (χ3v) is 6.88. The second-order valence-corrected chi connectivity index (χ2v) is 9.81. The lowest BCUT2D eigenvalue weighted by molar-refractivity contribution is -0.137. The zero-order valence-corrected chi connectivity index (χ0v) is 22.8. The summed E-state index contributed by atoms with van der Waals surface area (Å²) in [6, 6.07) is 28.6. The molecule has 0 atom stereocenters. The van der Waals surface area contributed by atoms with E-state index in [-0.39, 0.29) is 17.0 Å². The lowest BCUT2D eigenvalue weighted by atomic mass is 9.98. The van der Waals surface area contributed by atoms with Gasteiger partial charge >= 0.3 is 6.18 Å². The third-order valence-electron chi connectivity index (χ3n) is 6.88. The molecule has 1 N–H and O–H groups in total. The Bertz CT molecular complexity index is 1730. The van der Waals surface area contributed by atoms with Crippen LogP contribution >= 0.6 is 0 Å². The standard InChI is InChI=1S/C34H26F3N3O2/c1-22-7-9-23(10-8-22)24-13-17-29(18-14-24)40(2)33(42)26-19-28(21-38-20-26)39-32(41)31-6-4-3-5-30(31)25-11-15-27(16-12-25)34(35,36)37/h3-21H,1-2H3,(H,39,41). The normalized spacial score (nSPS) is 11.2. The van der Waals surface area contributed by atoms with Crippen molar-refractivity contribution in [1.29, 1.82) is 0 Å². The summed E-state index contributed by atoms with van der Waals surface area (Å²) in [5, 5.41) is 2.76. The molecule has 0 spiro atoms. The monoisotopic (exact) mass is 565 g/mol. The number of aryl methyl sites for hydroxylation is 1.